The molecule has 0 radical (unpaired) electrons. The Kier molecular flexibility index (Phi) is 11.0. The molecule has 1 rings (SSSR count). The number of hydrogen-bond acceptors (Lipinski definition) is 5. The number of anilines is 1. The number of nitrogens with one attached hydrogen (secondary N) is 1. The molecule has 6 nitrogen and oxygen atoms in total. The number of benzene rings is 1. The molecule has 0 spiro atoms. The lowest BCUT2D eigenvalue weighted by Crippen LogP contribution is -2.27. The first-order valence-electron chi connectivity index (χ1n) is 8.74. The number of para-hydroxylation sites is 1. The van der Waals surface area contributed by atoms with Crippen LogP contribution in [0.3, 0.4) is 0 Å². The molecule has 0 aliphatic heterocycles. The molecule has 146 valence electrons. The van der Waals surface area contributed by atoms with E-state index < -0.39 is 18.0 Å². The first-order chi connectivity index (χ1) is 12.1. The summed E-state index contributed by atoms with van der Waals surface area (Å²) in [6, 6.07) is 5.59. The second-order valence-corrected chi connectivity index (χ2v) is 6.50. The van der Waals surface area contributed by atoms with Gasteiger partial charge in [-0.15, -0.1) is 0 Å². The number of carboxylic acid groups (broad SMARTS) is 1. The SMILES string of the molecule is C=CCOC(=O)CN.CC(C)c1cccc(C(C)C)c1N[C@@H](C)C(=O)O. The number of hydrogen-bond donors (Lipinski definition) is 3. The summed E-state index contributed by atoms with van der Waals surface area (Å²) >= 11 is 0. The number of carbonyl (C=O) groups is 2. The van der Waals surface area contributed by atoms with E-state index in [9.17, 15) is 9.59 Å². The Hall–Kier alpha value is -2.34. The van der Waals surface area contributed by atoms with Gasteiger partial charge in [0.2, 0.25) is 0 Å². The molecular formula is C20H32N2O4. The minimum atomic E-state index is -0.830. The highest BCUT2D eigenvalue weighted by Gasteiger charge is 2.18. The van der Waals surface area contributed by atoms with Crippen molar-refractivity contribution >= 4 is 17.6 Å². The topological polar surface area (TPSA) is 102 Å². The summed E-state index contributed by atoms with van der Waals surface area (Å²) in [7, 11) is 0. The lowest BCUT2D eigenvalue weighted by atomic mass is 9.92. The Bertz CT molecular complexity index is 571. The van der Waals surface area contributed by atoms with Crippen LogP contribution in [0.4, 0.5) is 5.69 Å². The fraction of sp³-hybridized carbons (Fsp3) is 0.500. The molecule has 1 aromatic rings. The Balaban J connectivity index is 0.000000660. The van der Waals surface area contributed by atoms with Crippen molar-refractivity contribution in [2.45, 2.75) is 52.5 Å². The van der Waals surface area contributed by atoms with E-state index in [1.54, 1.807) is 6.92 Å². The number of carbonyl (C=O) groups excluding carboxylic acids is 1. The van der Waals surface area contributed by atoms with Gasteiger partial charge in [-0.05, 0) is 29.9 Å². The molecule has 0 fully saturated rings. The van der Waals surface area contributed by atoms with Crippen molar-refractivity contribution in [1.82, 2.24) is 0 Å². The number of rotatable bonds is 8. The van der Waals surface area contributed by atoms with E-state index in [0.717, 1.165) is 5.69 Å². The highest BCUT2D eigenvalue weighted by molar-refractivity contribution is 5.78. The van der Waals surface area contributed by atoms with Gasteiger partial charge in [-0.2, -0.15) is 0 Å². The van der Waals surface area contributed by atoms with Crippen molar-refractivity contribution in [2.24, 2.45) is 5.73 Å². The van der Waals surface area contributed by atoms with Gasteiger partial charge in [-0.1, -0.05) is 58.5 Å². The fourth-order valence-electron chi connectivity index (χ4n) is 2.21. The third kappa shape index (κ3) is 8.16. The van der Waals surface area contributed by atoms with Crippen LogP contribution in [0.2, 0.25) is 0 Å². The summed E-state index contributed by atoms with van der Waals surface area (Å²) in [5.74, 6) is -0.493. The zero-order chi connectivity index (χ0) is 20.3. The standard InChI is InChI=1S/C15H23NO2.C5H9NO2/c1-9(2)12-7-6-8-13(10(3)4)14(12)16-11(5)15(17)18;1-2-3-8-5(7)4-6/h6-11,16H,1-5H3,(H,17,18);2H,1,3-4,6H2/t11-;/m0./s1. The van der Waals surface area contributed by atoms with Crippen molar-refractivity contribution in [3.8, 4) is 0 Å². The predicted molar refractivity (Wildman–Crippen MR) is 106 cm³/mol. The zero-order valence-corrected chi connectivity index (χ0v) is 16.4. The molecule has 0 saturated heterocycles. The molecule has 26 heavy (non-hydrogen) atoms. The van der Waals surface area contributed by atoms with E-state index in [0.29, 0.717) is 11.8 Å². The van der Waals surface area contributed by atoms with Crippen molar-refractivity contribution in [3.63, 3.8) is 0 Å². The van der Waals surface area contributed by atoms with Crippen molar-refractivity contribution in [2.75, 3.05) is 18.5 Å². The van der Waals surface area contributed by atoms with E-state index in [2.05, 4.69) is 56.5 Å². The van der Waals surface area contributed by atoms with Crippen LogP contribution in [-0.2, 0) is 14.3 Å². The molecule has 4 N–H and O–H groups in total. The molecule has 0 saturated carbocycles. The predicted octanol–water partition coefficient (Wildman–Crippen LogP) is 3.49. The molecule has 0 bridgehead atoms. The highest BCUT2D eigenvalue weighted by atomic mass is 16.5. The summed E-state index contributed by atoms with van der Waals surface area (Å²) in [6.07, 6.45) is 1.49. The number of nitrogens with two attached hydrogens (primary N) is 1. The lowest BCUT2D eigenvalue weighted by molar-refractivity contribution is -0.140. The van der Waals surface area contributed by atoms with Crippen LogP contribution in [0.5, 0.6) is 0 Å². The number of ether oxygens (including phenoxy) is 1. The molecule has 0 aliphatic carbocycles. The van der Waals surface area contributed by atoms with E-state index in [4.69, 9.17) is 10.8 Å². The fourth-order valence-corrected chi connectivity index (χ4v) is 2.21. The molecule has 1 aromatic carbocycles. The maximum absolute atomic E-state index is 11.0. The minimum Gasteiger partial charge on any atom is -0.480 e. The smallest absolute Gasteiger partial charge is 0.325 e. The van der Waals surface area contributed by atoms with Gasteiger partial charge >= 0.3 is 11.9 Å². The van der Waals surface area contributed by atoms with E-state index in [1.165, 1.54) is 17.2 Å². The zero-order valence-electron chi connectivity index (χ0n) is 16.4. The monoisotopic (exact) mass is 364 g/mol. The van der Waals surface area contributed by atoms with Gasteiger partial charge in [0.05, 0.1) is 6.54 Å². The Morgan fingerprint density at radius 1 is 1.19 bits per heavy atom. The van der Waals surface area contributed by atoms with Crippen LogP contribution >= 0.6 is 0 Å². The van der Waals surface area contributed by atoms with E-state index >= 15 is 0 Å². The average molecular weight is 364 g/mol. The number of esters is 1. The van der Waals surface area contributed by atoms with E-state index in [-0.39, 0.29) is 13.2 Å². The normalized spacial score (nSPS) is 11.4. The van der Waals surface area contributed by atoms with Gasteiger partial charge < -0.3 is 20.9 Å². The van der Waals surface area contributed by atoms with Crippen LogP contribution in [0.1, 0.15) is 57.6 Å². The third-order valence-electron chi connectivity index (χ3n) is 3.63. The molecule has 0 aliphatic rings. The maximum atomic E-state index is 11.0. The second kappa shape index (κ2) is 12.1. The maximum Gasteiger partial charge on any atom is 0.325 e. The van der Waals surface area contributed by atoms with Gasteiger partial charge in [0.25, 0.3) is 0 Å². The van der Waals surface area contributed by atoms with Gasteiger partial charge in [-0.3, -0.25) is 9.59 Å². The second-order valence-electron chi connectivity index (χ2n) is 6.50. The Labute approximate surface area is 156 Å². The quantitative estimate of drug-likeness (QED) is 0.482. The van der Waals surface area contributed by atoms with Gasteiger partial charge in [-0.25, -0.2) is 0 Å². The summed E-state index contributed by atoms with van der Waals surface area (Å²) in [5.41, 5.74) is 8.24. The number of aliphatic carboxylic acids is 1. The van der Waals surface area contributed by atoms with Crippen molar-refractivity contribution in [1.29, 1.82) is 0 Å². The van der Waals surface area contributed by atoms with Gasteiger partial charge in [0.1, 0.15) is 12.6 Å². The molecular weight excluding hydrogens is 332 g/mol. The van der Waals surface area contributed by atoms with E-state index in [1.807, 2.05) is 6.07 Å². The van der Waals surface area contributed by atoms with Crippen LogP contribution in [0.25, 0.3) is 0 Å². The van der Waals surface area contributed by atoms with Gasteiger partial charge in [0, 0.05) is 5.69 Å². The lowest BCUT2D eigenvalue weighted by Gasteiger charge is -2.22. The van der Waals surface area contributed by atoms with Crippen LogP contribution in [-0.4, -0.2) is 36.2 Å². The molecule has 1 atom stereocenters. The summed E-state index contributed by atoms with van der Waals surface area (Å²) in [6.45, 7) is 13.7. The van der Waals surface area contributed by atoms with Crippen LogP contribution in [0, 0.1) is 0 Å². The van der Waals surface area contributed by atoms with Crippen LogP contribution < -0.4 is 11.1 Å². The molecule has 0 aromatic heterocycles. The largest absolute Gasteiger partial charge is 0.480 e. The summed E-state index contributed by atoms with van der Waals surface area (Å²) in [4.78, 5) is 21.2. The highest BCUT2D eigenvalue weighted by Crippen LogP contribution is 2.32. The first kappa shape index (κ1) is 23.7. The van der Waals surface area contributed by atoms with Crippen molar-refractivity contribution < 1.29 is 19.4 Å². The number of carboxylic acids is 1. The molecule has 0 amide bonds. The summed E-state index contributed by atoms with van der Waals surface area (Å²) < 4.78 is 4.46. The van der Waals surface area contributed by atoms with Gasteiger partial charge in [0.15, 0.2) is 0 Å². The first-order valence-corrected chi connectivity index (χ1v) is 8.74. The molecule has 6 heteroatoms. The minimum absolute atomic E-state index is 0.0617. The Morgan fingerprint density at radius 3 is 2.04 bits per heavy atom. The average Bonchev–Trinajstić information content (AvgIpc) is 2.59. The Morgan fingerprint density at radius 2 is 1.69 bits per heavy atom. The third-order valence-corrected chi connectivity index (χ3v) is 3.63. The molecule has 0 heterocycles. The van der Waals surface area contributed by atoms with Crippen LogP contribution in [0.15, 0.2) is 30.9 Å². The summed E-state index contributed by atoms with van der Waals surface area (Å²) in [5, 5.41) is 12.2. The molecule has 0 unspecified atom stereocenters. The van der Waals surface area contributed by atoms with Crippen molar-refractivity contribution in [3.05, 3.63) is 42.0 Å².